The molecule has 1 aliphatic rings. The van der Waals surface area contributed by atoms with Crippen molar-refractivity contribution in [1.29, 1.82) is 0 Å². The highest BCUT2D eigenvalue weighted by molar-refractivity contribution is 7.99. The van der Waals surface area contributed by atoms with E-state index in [9.17, 15) is 30.0 Å². The fourth-order valence-electron chi connectivity index (χ4n) is 4.70. The summed E-state index contributed by atoms with van der Waals surface area (Å²) >= 11 is 1.48. The van der Waals surface area contributed by atoms with Gasteiger partial charge >= 0.3 is 5.51 Å². The lowest BCUT2D eigenvalue weighted by Crippen LogP contribution is -2.47. The molecule has 1 unspecified atom stereocenters. The molecule has 0 aromatic heterocycles. The number of sulfone groups is 1. The number of alkyl halides is 3. The second-order valence-electron chi connectivity index (χ2n) is 10.0. The van der Waals surface area contributed by atoms with Crippen LogP contribution < -0.4 is 10.5 Å². The summed E-state index contributed by atoms with van der Waals surface area (Å²) in [4.78, 5) is 3.66. The number of anilines is 1. The van der Waals surface area contributed by atoms with Crippen molar-refractivity contribution < 1.29 is 34.7 Å². The number of halogens is 3. The molecule has 0 bridgehead atoms. The highest BCUT2D eigenvalue weighted by Gasteiger charge is 2.48. The molecular formula is C27H39F3N4O5S3. The van der Waals surface area contributed by atoms with E-state index < -0.39 is 41.2 Å². The molecule has 0 radical (unpaired) electrons. The SMILES string of the molecule is CCN(CC)CC1CN(CCC[C@H](CSc2ccccc2)Nc2ccc(S(N)(=O)=O)cc2S(=O)(=O)C(F)(F)F)CCO1. The van der Waals surface area contributed by atoms with Crippen molar-refractivity contribution in [1.82, 2.24) is 9.80 Å². The minimum absolute atomic E-state index is 0.0914. The first-order valence-electron chi connectivity index (χ1n) is 13.7. The molecule has 3 N–H and O–H groups in total. The third-order valence-electron chi connectivity index (χ3n) is 7.04. The summed E-state index contributed by atoms with van der Waals surface area (Å²) in [6.45, 7) is 9.84. The topological polar surface area (TPSA) is 122 Å². The van der Waals surface area contributed by atoms with Gasteiger partial charge in [0.1, 0.15) is 4.90 Å². The van der Waals surface area contributed by atoms with Gasteiger partial charge in [-0.15, -0.1) is 11.8 Å². The molecule has 2 aromatic rings. The van der Waals surface area contributed by atoms with Crippen LogP contribution in [0.5, 0.6) is 0 Å². The largest absolute Gasteiger partial charge is 0.501 e. The van der Waals surface area contributed by atoms with Gasteiger partial charge in [-0.2, -0.15) is 13.2 Å². The summed E-state index contributed by atoms with van der Waals surface area (Å²) in [5.41, 5.74) is -5.96. The number of benzene rings is 2. The molecule has 1 heterocycles. The first kappa shape index (κ1) is 34.6. The van der Waals surface area contributed by atoms with Crippen molar-refractivity contribution in [3.63, 3.8) is 0 Å². The molecule has 3 rings (SSSR count). The first-order chi connectivity index (χ1) is 19.7. The molecule has 2 atom stereocenters. The number of likely N-dealkylation sites (N-methyl/N-ethyl adjacent to an activating group) is 1. The van der Waals surface area contributed by atoms with E-state index in [4.69, 9.17) is 9.88 Å². The summed E-state index contributed by atoms with van der Waals surface area (Å²) in [5.74, 6) is 0.431. The van der Waals surface area contributed by atoms with E-state index >= 15 is 0 Å². The number of nitrogens with one attached hydrogen (secondary N) is 1. The Hall–Kier alpha value is -1.88. The molecular weight excluding hydrogens is 614 g/mol. The maximum atomic E-state index is 13.6. The van der Waals surface area contributed by atoms with Gasteiger partial charge in [0.15, 0.2) is 0 Å². The van der Waals surface area contributed by atoms with Gasteiger partial charge < -0.3 is 15.0 Å². The van der Waals surface area contributed by atoms with Crippen LogP contribution in [0.1, 0.15) is 26.7 Å². The van der Waals surface area contributed by atoms with Crippen molar-refractivity contribution in [2.75, 3.05) is 56.9 Å². The number of hydrogen-bond donors (Lipinski definition) is 2. The van der Waals surface area contributed by atoms with E-state index in [1.807, 2.05) is 30.3 Å². The van der Waals surface area contributed by atoms with Crippen molar-refractivity contribution in [2.45, 2.75) is 59.0 Å². The van der Waals surface area contributed by atoms with Gasteiger partial charge in [0.05, 0.1) is 23.3 Å². The molecule has 15 heteroatoms. The molecule has 0 saturated carbocycles. The minimum Gasteiger partial charge on any atom is -0.380 e. The highest BCUT2D eigenvalue weighted by atomic mass is 32.2. The number of ether oxygens (including phenoxy) is 1. The van der Waals surface area contributed by atoms with E-state index in [0.717, 1.165) is 56.3 Å². The molecule has 1 aliphatic heterocycles. The Morgan fingerprint density at radius 1 is 1.12 bits per heavy atom. The number of primary sulfonamides is 1. The predicted octanol–water partition coefficient (Wildman–Crippen LogP) is 4.02. The Kier molecular flexibility index (Phi) is 12.5. The summed E-state index contributed by atoms with van der Waals surface area (Å²) in [5, 5.41) is 8.06. The van der Waals surface area contributed by atoms with E-state index in [2.05, 4.69) is 29.0 Å². The minimum atomic E-state index is -5.88. The van der Waals surface area contributed by atoms with Crippen LogP contribution in [0.4, 0.5) is 18.9 Å². The number of hydrogen-bond acceptors (Lipinski definition) is 9. The molecule has 236 valence electrons. The predicted molar refractivity (Wildman–Crippen MR) is 159 cm³/mol. The number of rotatable bonds is 15. The third-order valence-corrected chi connectivity index (χ3v) is 10.6. The molecule has 2 aromatic carbocycles. The maximum absolute atomic E-state index is 13.6. The number of sulfonamides is 1. The second kappa shape index (κ2) is 15.2. The zero-order chi connectivity index (χ0) is 31.0. The highest BCUT2D eigenvalue weighted by Crippen LogP contribution is 2.36. The Morgan fingerprint density at radius 3 is 2.43 bits per heavy atom. The molecule has 42 heavy (non-hydrogen) atoms. The van der Waals surface area contributed by atoms with Crippen LogP contribution in [0.25, 0.3) is 0 Å². The Balaban J connectivity index is 1.79. The third kappa shape index (κ3) is 9.82. The first-order valence-corrected chi connectivity index (χ1v) is 17.7. The lowest BCUT2D eigenvalue weighted by atomic mass is 10.1. The number of nitrogens with zero attached hydrogens (tertiary/aromatic N) is 2. The average Bonchev–Trinajstić information content (AvgIpc) is 2.94. The van der Waals surface area contributed by atoms with Gasteiger partial charge in [-0.05, 0) is 62.8 Å². The number of morpholine rings is 1. The lowest BCUT2D eigenvalue weighted by Gasteiger charge is -2.35. The van der Waals surface area contributed by atoms with Crippen LogP contribution >= 0.6 is 11.8 Å². The molecule has 9 nitrogen and oxygen atoms in total. The van der Waals surface area contributed by atoms with Crippen LogP contribution in [0.2, 0.25) is 0 Å². The van der Waals surface area contributed by atoms with Gasteiger partial charge in [-0.3, -0.25) is 4.90 Å². The van der Waals surface area contributed by atoms with Gasteiger partial charge in [-0.25, -0.2) is 22.0 Å². The zero-order valence-electron chi connectivity index (χ0n) is 23.7. The Morgan fingerprint density at radius 2 is 1.81 bits per heavy atom. The summed E-state index contributed by atoms with van der Waals surface area (Å²) in [6, 6.07) is 11.5. The zero-order valence-corrected chi connectivity index (χ0v) is 26.2. The van der Waals surface area contributed by atoms with Gasteiger partial charge in [0.2, 0.25) is 10.0 Å². The Bertz CT molecular complexity index is 1360. The van der Waals surface area contributed by atoms with Gasteiger partial charge in [0.25, 0.3) is 9.84 Å². The quantitative estimate of drug-likeness (QED) is 0.275. The van der Waals surface area contributed by atoms with Crippen molar-refractivity contribution >= 4 is 37.3 Å². The van der Waals surface area contributed by atoms with Crippen LogP contribution in [0.15, 0.2) is 63.2 Å². The number of nitrogens with two attached hydrogens (primary N) is 1. The summed E-state index contributed by atoms with van der Waals surface area (Å²) < 4.78 is 95.2. The van der Waals surface area contributed by atoms with E-state index in [-0.39, 0.29) is 11.8 Å². The van der Waals surface area contributed by atoms with Gasteiger partial charge in [-0.1, -0.05) is 32.0 Å². The molecule has 0 spiro atoms. The van der Waals surface area contributed by atoms with Crippen molar-refractivity contribution in [3.05, 3.63) is 48.5 Å². The molecule has 1 fully saturated rings. The van der Waals surface area contributed by atoms with E-state index in [1.54, 1.807) is 0 Å². The molecule has 0 aliphatic carbocycles. The number of thioether (sulfide) groups is 1. The maximum Gasteiger partial charge on any atom is 0.501 e. The second-order valence-corrected chi connectivity index (χ2v) is 14.6. The van der Waals surface area contributed by atoms with E-state index in [1.165, 1.54) is 11.8 Å². The Labute approximate surface area is 250 Å². The van der Waals surface area contributed by atoms with Crippen LogP contribution in [0, 0.1) is 0 Å². The summed E-state index contributed by atoms with van der Waals surface area (Å²) in [7, 11) is -10.3. The summed E-state index contributed by atoms with van der Waals surface area (Å²) in [6.07, 6.45) is 1.32. The monoisotopic (exact) mass is 652 g/mol. The standard InChI is InChI=1S/C27H39F3N4O5S3/c1-3-33(4-2)18-22-19-34(15-16-39-22)14-8-9-21(20-40-23-10-6-5-7-11-23)32-25-13-12-24(42(31,37)38)17-26(25)41(35,36)27(28,29)30/h5-7,10-13,17,21-22,32H,3-4,8-9,14-16,18-20H2,1-2H3,(H2,31,37,38)/t21-,22?/m1/s1. The van der Waals surface area contributed by atoms with E-state index in [0.29, 0.717) is 31.3 Å². The van der Waals surface area contributed by atoms with Crippen molar-refractivity contribution in [3.8, 4) is 0 Å². The lowest BCUT2D eigenvalue weighted by molar-refractivity contribution is -0.0436. The average molecular weight is 653 g/mol. The fraction of sp³-hybridized carbons (Fsp3) is 0.556. The van der Waals surface area contributed by atoms with Gasteiger partial charge in [0, 0.05) is 36.3 Å². The van der Waals surface area contributed by atoms with Crippen molar-refractivity contribution in [2.24, 2.45) is 5.14 Å². The smallest absolute Gasteiger partial charge is 0.380 e. The van der Waals surface area contributed by atoms with Crippen LogP contribution in [-0.2, 0) is 24.6 Å². The van der Waals surface area contributed by atoms with Crippen LogP contribution in [-0.4, -0.2) is 95.9 Å². The van der Waals surface area contributed by atoms with Crippen LogP contribution in [0.3, 0.4) is 0 Å². The fourth-order valence-corrected chi connectivity index (χ4v) is 7.26. The molecule has 1 saturated heterocycles. The molecule has 0 amide bonds. The normalized spacial score (nSPS) is 17.8.